The van der Waals surface area contributed by atoms with E-state index in [4.69, 9.17) is 0 Å². The summed E-state index contributed by atoms with van der Waals surface area (Å²) in [5, 5.41) is 0. The third-order valence-electron chi connectivity index (χ3n) is 3.91. The van der Waals surface area contributed by atoms with Gasteiger partial charge in [0.1, 0.15) is 0 Å². The van der Waals surface area contributed by atoms with Crippen molar-refractivity contribution in [2.75, 3.05) is 0 Å². The fourth-order valence-electron chi connectivity index (χ4n) is 3.01. The second-order valence-electron chi connectivity index (χ2n) is 5.11. The van der Waals surface area contributed by atoms with Gasteiger partial charge in [0, 0.05) is 0 Å². The predicted molar refractivity (Wildman–Crippen MR) is 73.8 cm³/mol. The SMILES string of the molecule is C1=CCC(C2=CCCC=C2C2=CCCCC2)=C1. The Hall–Kier alpha value is -1.30. The van der Waals surface area contributed by atoms with Gasteiger partial charge in [0.25, 0.3) is 0 Å². The average molecular weight is 224 g/mol. The lowest BCUT2D eigenvalue weighted by atomic mass is 9.83. The smallest absolute Gasteiger partial charge is 0.00883 e. The summed E-state index contributed by atoms with van der Waals surface area (Å²) in [7, 11) is 0. The van der Waals surface area contributed by atoms with Crippen molar-refractivity contribution >= 4 is 0 Å². The summed E-state index contributed by atoms with van der Waals surface area (Å²) in [6.45, 7) is 0. The Kier molecular flexibility index (Phi) is 3.13. The lowest BCUT2D eigenvalue weighted by Gasteiger charge is -2.22. The van der Waals surface area contributed by atoms with Crippen LogP contribution in [0.2, 0.25) is 0 Å². The predicted octanol–water partition coefficient (Wildman–Crippen LogP) is 5.02. The highest BCUT2D eigenvalue weighted by Crippen LogP contribution is 2.37. The molecule has 0 saturated heterocycles. The Balaban J connectivity index is 1.89. The fraction of sp³-hybridized carbons (Fsp3) is 0.412. The number of hydrogen-bond donors (Lipinski definition) is 0. The molecule has 0 aliphatic heterocycles. The molecule has 0 aromatic carbocycles. The molecular weight excluding hydrogens is 204 g/mol. The van der Waals surface area contributed by atoms with Crippen molar-refractivity contribution in [1.29, 1.82) is 0 Å². The molecule has 0 nitrogen and oxygen atoms in total. The first kappa shape index (κ1) is 10.8. The van der Waals surface area contributed by atoms with Crippen molar-refractivity contribution in [2.24, 2.45) is 0 Å². The molecule has 0 N–H and O–H groups in total. The van der Waals surface area contributed by atoms with Gasteiger partial charge in [0.15, 0.2) is 0 Å². The summed E-state index contributed by atoms with van der Waals surface area (Å²) >= 11 is 0. The van der Waals surface area contributed by atoms with Crippen molar-refractivity contribution in [1.82, 2.24) is 0 Å². The van der Waals surface area contributed by atoms with Gasteiger partial charge in [-0.05, 0) is 67.2 Å². The molecule has 0 saturated carbocycles. The summed E-state index contributed by atoms with van der Waals surface area (Å²) in [6, 6.07) is 0. The summed E-state index contributed by atoms with van der Waals surface area (Å²) in [5.74, 6) is 0. The van der Waals surface area contributed by atoms with E-state index in [-0.39, 0.29) is 0 Å². The third kappa shape index (κ3) is 2.22. The van der Waals surface area contributed by atoms with E-state index in [1.807, 2.05) is 0 Å². The monoisotopic (exact) mass is 224 g/mol. The van der Waals surface area contributed by atoms with Crippen molar-refractivity contribution in [3.05, 3.63) is 58.7 Å². The molecule has 0 heteroatoms. The molecule has 3 aliphatic rings. The van der Waals surface area contributed by atoms with Gasteiger partial charge in [-0.25, -0.2) is 0 Å². The van der Waals surface area contributed by atoms with Gasteiger partial charge in [-0.3, -0.25) is 0 Å². The molecule has 3 rings (SSSR count). The quantitative estimate of drug-likeness (QED) is 0.618. The zero-order chi connectivity index (χ0) is 11.5. The highest BCUT2D eigenvalue weighted by Gasteiger charge is 2.18. The Morgan fingerprint density at radius 1 is 0.765 bits per heavy atom. The summed E-state index contributed by atoms with van der Waals surface area (Å²) in [4.78, 5) is 0. The Morgan fingerprint density at radius 2 is 1.59 bits per heavy atom. The molecule has 88 valence electrons. The van der Waals surface area contributed by atoms with Gasteiger partial charge in [0.05, 0.1) is 0 Å². The first-order chi connectivity index (χ1) is 8.45. The van der Waals surface area contributed by atoms with Crippen molar-refractivity contribution in [3.8, 4) is 0 Å². The van der Waals surface area contributed by atoms with E-state index in [1.54, 1.807) is 11.1 Å². The van der Waals surface area contributed by atoms with E-state index < -0.39 is 0 Å². The van der Waals surface area contributed by atoms with Crippen LogP contribution in [0.1, 0.15) is 44.9 Å². The molecular formula is C17H20. The van der Waals surface area contributed by atoms with Crippen LogP contribution in [0, 0.1) is 0 Å². The molecule has 0 radical (unpaired) electrons. The van der Waals surface area contributed by atoms with Gasteiger partial charge in [-0.2, -0.15) is 0 Å². The van der Waals surface area contributed by atoms with Crippen LogP contribution < -0.4 is 0 Å². The molecule has 0 unspecified atom stereocenters. The largest absolute Gasteiger partial charge is 0.0807 e. The molecule has 0 heterocycles. The maximum atomic E-state index is 2.47. The van der Waals surface area contributed by atoms with Gasteiger partial charge in [0.2, 0.25) is 0 Å². The minimum Gasteiger partial charge on any atom is -0.0807 e. The van der Waals surface area contributed by atoms with Gasteiger partial charge in [-0.15, -0.1) is 0 Å². The average Bonchev–Trinajstić information content (AvgIpc) is 2.94. The molecule has 3 aliphatic carbocycles. The maximum Gasteiger partial charge on any atom is -0.00883 e. The first-order valence-corrected chi connectivity index (χ1v) is 6.91. The highest BCUT2D eigenvalue weighted by molar-refractivity contribution is 5.59. The van der Waals surface area contributed by atoms with E-state index in [1.165, 1.54) is 49.7 Å². The first-order valence-electron chi connectivity index (χ1n) is 6.91. The van der Waals surface area contributed by atoms with E-state index in [0.717, 1.165) is 6.42 Å². The number of hydrogen-bond acceptors (Lipinski definition) is 0. The second-order valence-corrected chi connectivity index (χ2v) is 5.11. The second kappa shape index (κ2) is 4.91. The van der Waals surface area contributed by atoms with Crippen LogP contribution in [-0.2, 0) is 0 Å². The van der Waals surface area contributed by atoms with Crippen molar-refractivity contribution < 1.29 is 0 Å². The van der Waals surface area contributed by atoms with Crippen LogP contribution in [0.15, 0.2) is 58.7 Å². The lowest BCUT2D eigenvalue weighted by Crippen LogP contribution is -2.03. The van der Waals surface area contributed by atoms with Crippen LogP contribution in [0.4, 0.5) is 0 Å². The van der Waals surface area contributed by atoms with E-state index in [9.17, 15) is 0 Å². The number of rotatable bonds is 2. The van der Waals surface area contributed by atoms with Crippen LogP contribution in [0.3, 0.4) is 0 Å². The van der Waals surface area contributed by atoms with Gasteiger partial charge >= 0.3 is 0 Å². The Bertz CT molecular complexity index is 452. The van der Waals surface area contributed by atoms with Crippen LogP contribution in [0.5, 0.6) is 0 Å². The Morgan fingerprint density at radius 3 is 2.24 bits per heavy atom. The summed E-state index contributed by atoms with van der Waals surface area (Å²) in [6.07, 6.45) is 23.0. The van der Waals surface area contributed by atoms with E-state index in [2.05, 4.69) is 36.5 Å². The minimum absolute atomic E-state index is 1.12. The molecule has 17 heavy (non-hydrogen) atoms. The van der Waals surface area contributed by atoms with E-state index >= 15 is 0 Å². The van der Waals surface area contributed by atoms with Gasteiger partial charge in [-0.1, -0.05) is 36.5 Å². The van der Waals surface area contributed by atoms with Crippen LogP contribution in [0.25, 0.3) is 0 Å². The molecule has 0 amide bonds. The molecule has 0 fully saturated rings. The van der Waals surface area contributed by atoms with Crippen LogP contribution in [-0.4, -0.2) is 0 Å². The molecule has 0 atom stereocenters. The molecule has 0 bridgehead atoms. The topological polar surface area (TPSA) is 0 Å². The summed E-state index contributed by atoms with van der Waals surface area (Å²) in [5.41, 5.74) is 6.19. The molecule has 0 aromatic heterocycles. The number of allylic oxidation sites excluding steroid dienone is 10. The zero-order valence-corrected chi connectivity index (χ0v) is 10.4. The summed E-state index contributed by atoms with van der Waals surface area (Å²) < 4.78 is 0. The van der Waals surface area contributed by atoms with Crippen molar-refractivity contribution in [2.45, 2.75) is 44.9 Å². The molecule has 0 aromatic rings. The van der Waals surface area contributed by atoms with Gasteiger partial charge < -0.3 is 0 Å². The minimum atomic E-state index is 1.12. The standard InChI is InChI=1S/C17H20/c1-2-8-14(9-3-1)16-12-6-7-13-17(16)15-10-4-5-11-15/h4-5,8,10,12-13H,1-3,6-7,9,11H2. The normalized spacial score (nSPS) is 24.0. The lowest BCUT2D eigenvalue weighted by molar-refractivity contribution is 0.705. The molecule has 0 spiro atoms. The zero-order valence-electron chi connectivity index (χ0n) is 10.4. The van der Waals surface area contributed by atoms with E-state index in [0.29, 0.717) is 0 Å². The highest BCUT2D eigenvalue weighted by atomic mass is 14.2. The Labute approximate surface area is 104 Å². The van der Waals surface area contributed by atoms with Crippen LogP contribution >= 0.6 is 0 Å². The maximum absolute atomic E-state index is 2.47. The third-order valence-corrected chi connectivity index (χ3v) is 3.91. The fourth-order valence-corrected chi connectivity index (χ4v) is 3.01. The van der Waals surface area contributed by atoms with Crippen molar-refractivity contribution in [3.63, 3.8) is 0 Å².